The Labute approximate surface area is 109 Å². The van der Waals surface area contributed by atoms with Crippen LogP contribution in [0.1, 0.15) is 0 Å². The zero-order valence-electron chi connectivity index (χ0n) is 7.28. The molecule has 2 unspecified atom stereocenters. The van der Waals surface area contributed by atoms with Gasteiger partial charge in [0.05, 0.1) is 0 Å². The summed E-state index contributed by atoms with van der Waals surface area (Å²) in [6, 6.07) is -2.38. The van der Waals surface area contributed by atoms with Crippen LogP contribution in [-0.2, 0) is 42.3 Å². The van der Waals surface area contributed by atoms with Gasteiger partial charge >= 0.3 is 5.97 Å². The Morgan fingerprint density at radius 1 is 1.60 bits per heavy atom. The standard InChI is InChI=1S/C4H6N3O4.CHO2.Y/c8-4(9)3-2(7(10)11)1-5-6-3;2-1-3;/h1-3,5-6H,(H,8,9);(H,2,3);/q2*-1;. The van der Waals surface area contributed by atoms with Crippen molar-refractivity contribution in [3.63, 3.8) is 0 Å². The van der Waals surface area contributed by atoms with E-state index in [2.05, 4.69) is 10.9 Å². The van der Waals surface area contributed by atoms with Gasteiger partial charge in [0, 0.05) is 32.7 Å². The van der Waals surface area contributed by atoms with E-state index in [-0.39, 0.29) is 32.7 Å². The minimum absolute atomic E-state index is 0. The number of nitro groups is 1. The smallest absolute Gasteiger partial charge is 0.326 e. The number of hydrogen-bond donors (Lipinski definition) is 4. The summed E-state index contributed by atoms with van der Waals surface area (Å²) >= 11 is 0. The van der Waals surface area contributed by atoms with E-state index in [1.54, 1.807) is 0 Å². The van der Waals surface area contributed by atoms with Gasteiger partial charge in [0.25, 0.3) is 0 Å². The number of aliphatic carboxylic acids is 1. The maximum absolute atomic E-state index is 10.3. The number of aliphatic hydroxyl groups excluding tert-OH is 1. The van der Waals surface area contributed by atoms with Crippen molar-refractivity contribution in [2.45, 2.75) is 12.1 Å². The summed E-state index contributed by atoms with van der Waals surface area (Å²) in [5.74, 6) is -1.24. The second-order valence-electron chi connectivity index (χ2n) is 2.14. The van der Waals surface area contributed by atoms with E-state index in [0.717, 1.165) is 6.54 Å². The first-order valence-electron chi connectivity index (χ1n) is 3.26. The summed E-state index contributed by atoms with van der Waals surface area (Å²) in [4.78, 5) is 28.0. The third kappa shape index (κ3) is 5.72. The molecule has 1 heterocycles. The zero-order chi connectivity index (χ0) is 11.1. The second-order valence-corrected chi connectivity index (χ2v) is 2.14. The minimum Gasteiger partial charge on any atom is -0.665 e. The van der Waals surface area contributed by atoms with Crippen LogP contribution >= 0.6 is 0 Å². The van der Waals surface area contributed by atoms with Gasteiger partial charge in [0.2, 0.25) is 0 Å². The fourth-order valence-electron chi connectivity index (χ4n) is 0.795. The summed E-state index contributed by atoms with van der Waals surface area (Å²) in [5.41, 5.74) is 4.53. The molecule has 0 aromatic carbocycles. The van der Waals surface area contributed by atoms with Crippen LogP contribution in [0.15, 0.2) is 0 Å². The first-order valence-corrected chi connectivity index (χ1v) is 3.26. The summed E-state index contributed by atoms with van der Waals surface area (Å²) in [7, 11) is 0. The van der Waals surface area contributed by atoms with Crippen LogP contribution in [0.2, 0.25) is 0 Å². The van der Waals surface area contributed by atoms with Crippen LogP contribution in [-0.4, -0.2) is 39.7 Å². The molecule has 0 amide bonds. The number of carboxylic acid groups (broad SMARTS) is 1. The molecule has 15 heavy (non-hydrogen) atoms. The van der Waals surface area contributed by atoms with Crippen molar-refractivity contribution < 1.29 is 57.4 Å². The van der Waals surface area contributed by atoms with E-state index in [1.807, 2.05) is 0 Å². The molecule has 4 N–H and O–H groups in total. The van der Waals surface area contributed by atoms with Crippen molar-refractivity contribution in [1.82, 2.24) is 10.9 Å². The van der Waals surface area contributed by atoms with E-state index in [4.69, 9.17) is 15.0 Å². The maximum atomic E-state index is 10.3. The Morgan fingerprint density at radius 3 is 2.33 bits per heavy atom. The van der Waals surface area contributed by atoms with Gasteiger partial charge in [-0.3, -0.25) is 20.3 Å². The summed E-state index contributed by atoms with van der Waals surface area (Å²) in [5, 5.41) is 25.3. The van der Waals surface area contributed by atoms with Crippen molar-refractivity contribution in [2.24, 2.45) is 0 Å². The fraction of sp³-hybridized carbons (Fsp3) is 0.400. The van der Waals surface area contributed by atoms with Crippen molar-refractivity contribution in [2.75, 3.05) is 0 Å². The van der Waals surface area contributed by atoms with Crippen LogP contribution in [0.25, 0.3) is 0 Å². The molecule has 0 aromatic heterocycles. The van der Waals surface area contributed by atoms with Gasteiger partial charge in [-0.05, 0) is 4.92 Å². The molecule has 1 fully saturated rings. The van der Waals surface area contributed by atoms with Gasteiger partial charge in [-0.25, -0.2) is 0 Å². The number of nitrogens with one attached hydrogen (secondary N) is 2. The molecule has 9 nitrogen and oxygen atoms in total. The molecule has 0 bridgehead atoms. The molecule has 83 valence electrons. The Hall–Kier alpha value is -0.636. The molecule has 1 rings (SSSR count). The number of nitrogens with zero attached hydrogens (tertiary/aromatic N) is 1. The quantitative estimate of drug-likeness (QED) is 0.259. The molecule has 0 aliphatic carbocycles. The monoisotopic (exact) mass is 294 g/mol. The maximum Gasteiger partial charge on any atom is 0.326 e. The van der Waals surface area contributed by atoms with Crippen LogP contribution in [0.3, 0.4) is 0 Å². The molecule has 0 saturated carbocycles. The van der Waals surface area contributed by atoms with Gasteiger partial charge < -0.3 is 20.4 Å². The number of hydrogen-bond acceptors (Lipinski definition) is 6. The predicted octanol–water partition coefficient (Wildman–Crippen LogP) is -2.04. The Kier molecular flexibility index (Phi) is 9.68. The van der Waals surface area contributed by atoms with Gasteiger partial charge in [0.1, 0.15) is 6.04 Å². The molecule has 0 spiro atoms. The average Bonchev–Trinajstić information content (AvgIpc) is 2.52. The van der Waals surface area contributed by atoms with Crippen LogP contribution in [0, 0.1) is 16.7 Å². The second kappa shape index (κ2) is 8.65. The Morgan fingerprint density at radius 2 is 2.07 bits per heavy atom. The predicted molar refractivity (Wildman–Crippen MR) is 41.1 cm³/mol. The molecule has 10 heteroatoms. The van der Waals surface area contributed by atoms with E-state index >= 15 is 0 Å². The number of rotatable bonds is 2. The first-order chi connectivity index (χ1) is 6.54. The molecule has 1 aliphatic heterocycles. The summed E-state index contributed by atoms with van der Waals surface area (Å²) in [6.45, 7) is 1.60. The van der Waals surface area contributed by atoms with Crippen LogP contribution < -0.4 is 10.9 Å². The van der Waals surface area contributed by atoms with Crippen LogP contribution in [0.5, 0.6) is 0 Å². The largest absolute Gasteiger partial charge is 0.665 e. The molecule has 2 atom stereocenters. The Balaban J connectivity index is 0. The average molecular weight is 294 g/mol. The molecular formula is C5H7N3O6Y-2. The topological polar surface area (TPSA) is 142 Å². The SMILES string of the molecule is O=C(O)C1NN[CH-]C1[N+](=O)[O-].O=[C-]O.[Y]. The van der Waals surface area contributed by atoms with Crippen molar-refractivity contribution in [3.8, 4) is 0 Å². The van der Waals surface area contributed by atoms with Gasteiger partial charge in [-0.2, -0.15) is 6.54 Å². The van der Waals surface area contributed by atoms with Crippen molar-refractivity contribution in [1.29, 1.82) is 0 Å². The summed E-state index contributed by atoms with van der Waals surface area (Å²) < 4.78 is 0. The van der Waals surface area contributed by atoms with Crippen LogP contribution in [0.4, 0.5) is 0 Å². The van der Waals surface area contributed by atoms with Gasteiger partial charge in [0.15, 0.2) is 6.04 Å². The third-order valence-corrected chi connectivity index (χ3v) is 1.34. The molecule has 1 aliphatic rings. The van der Waals surface area contributed by atoms with Gasteiger partial charge in [-0.15, -0.1) is 0 Å². The molecule has 1 radical (unpaired) electrons. The number of carbonyl (C=O) groups is 1. The van der Waals surface area contributed by atoms with E-state index in [0.29, 0.717) is 6.47 Å². The zero-order valence-corrected chi connectivity index (χ0v) is 10.1. The van der Waals surface area contributed by atoms with Gasteiger partial charge in [-0.1, -0.05) is 6.47 Å². The van der Waals surface area contributed by atoms with Crippen molar-refractivity contribution in [3.05, 3.63) is 16.7 Å². The molecule has 0 aromatic rings. The van der Waals surface area contributed by atoms with E-state index in [9.17, 15) is 14.9 Å². The normalized spacial score (nSPS) is 22.9. The number of carboxylic acids is 1. The van der Waals surface area contributed by atoms with E-state index in [1.165, 1.54) is 0 Å². The first kappa shape index (κ1) is 16.8. The third-order valence-electron chi connectivity index (χ3n) is 1.34. The summed E-state index contributed by atoms with van der Waals surface area (Å²) in [6.07, 6.45) is 0. The fourth-order valence-corrected chi connectivity index (χ4v) is 0.795. The molecular weight excluding hydrogens is 287 g/mol. The number of hydrazine groups is 1. The van der Waals surface area contributed by atoms with Crippen molar-refractivity contribution >= 4 is 12.4 Å². The molecule has 1 saturated heterocycles. The Bertz CT molecular complexity index is 217. The van der Waals surface area contributed by atoms with E-state index < -0.39 is 23.0 Å². The minimum atomic E-state index is -1.24.